The van der Waals surface area contributed by atoms with Crippen LogP contribution in [0, 0.1) is 24.5 Å². The predicted molar refractivity (Wildman–Crippen MR) is 125 cm³/mol. The van der Waals surface area contributed by atoms with Crippen molar-refractivity contribution in [2.45, 2.75) is 26.2 Å². The van der Waals surface area contributed by atoms with Gasteiger partial charge in [-0.3, -0.25) is 14.7 Å². The average molecular weight is 468 g/mol. The molecule has 0 spiro atoms. The number of nitrogens with zero attached hydrogens (tertiary/aromatic N) is 2. The molecule has 8 heteroatoms. The Morgan fingerprint density at radius 2 is 2.00 bits per heavy atom. The zero-order chi connectivity index (χ0) is 23.7. The number of anilines is 1. The molecular formula is C26H27F2N3O3. The molecule has 1 amide bonds. The number of rotatable bonds is 6. The Balaban J connectivity index is 1.13. The monoisotopic (exact) mass is 467 g/mol. The van der Waals surface area contributed by atoms with E-state index in [2.05, 4.69) is 15.2 Å². The van der Waals surface area contributed by atoms with Crippen molar-refractivity contribution in [1.82, 2.24) is 9.88 Å². The normalized spacial score (nSPS) is 16.7. The minimum atomic E-state index is -0.359. The molecule has 0 radical (unpaired) electrons. The topological polar surface area (TPSA) is 63.7 Å². The molecule has 3 heterocycles. The third kappa shape index (κ3) is 4.97. The number of aromatic nitrogens is 1. The molecule has 2 aliphatic rings. The van der Waals surface area contributed by atoms with Gasteiger partial charge in [0, 0.05) is 35.8 Å². The van der Waals surface area contributed by atoms with Crippen molar-refractivity contribution in [1.29, 1.82) is 0 Å². The smallest absolute Gasteiger partial charge is 0.262 e. The van der Waals surface area contributed by atoms with Gasteiger partial charge in [-0.05, 0) is 69.0 Å². The number of nitrogens with one attached hydrogen (secondary N) is 1. The summed E-state index contributed by atoms with van der Waals surface area (Å²) in [5.74, 6) is 0.383. The van der Waals surface area contributed by atoms with Crippen LogP contribution in [0.4, 0.5) is 14.5 Å². The average Bonchev–Trinajstić information content (AvgIpc) is 2.80. The van der Waals surface area contributed by atoms with Gasteiger partial charge >= 0.3 is 0 Å². The van der Waals surface area contributed by atoms with Gasteiger partial charge < -0.3 is 14.8 Å². The number of hydrogen-bond acceptors (Lipinski definition) is 5. The van der Waals surface area contributed by atoms with Crippen molar-refractivity contribution in [2.75, 3.05) is 38.2 Å². The lowest BCUT2D eigenvalue weighted by Gasteiger charge is -2.32. The fraction of sp³-hybridized carbons (Fsp3) is 0.385. The first kappa shape index (κ1) is 22.5. The van der Waals surface area contributed by atoms with Crippen molar-refractivity contribution in [3.05, 3.63) is 59.3 Å². The molecule has 0 aliphatic carbocycles. The van der Waals surface area contributed by atoms with Crippen LogP contribution >= 0.6 is 0 Å². The second kappa shape index (κ2) is 9.54. The molecule has 0 bridgehead atoms. The summed E-state index contributed by atoms with van der Waals surface area (Å²) in [5.41, 5.74) is 2.57. The Bertz CT molecular complexity index is 1220. The van der Waals surface area contributed by atoms with Gasteiger partial charge in [0.2, 0.25) is 0 Å². The maximum atomic E-state index is 14.5. The molecule has 1 N–H and O–H groups in total. The number of hydrogen-bond donors (Lipinski definition) is 1. The SMILES string of the molecule is Cc1ccc2c(OCCN3CCC(Cc4cc5c(cc4F)OCC(=O)N5)CC3)cc(F)cc2n1. The van der Waals surface area contributed by atoms with Crippen LogP contribution in [0.15, 0.2) is 36.4 Å². The van der Waals surface area contributed by atoms with Gasteiger partial charge in [-0.2, -0.15) is 0 Å². The molecule has 1 aromatic heterocycles. The molecule has 3 aromatic rings. The number of amides is 1. The molecule has 0 unspecified atom stereocenters. The van der Waals surface area contributed by atoms with E-state index in [4.69, 9.17) is 9.47 Å². The highest BCUT2D eigenvalue weighted by molar-refractivity contribution is 5.95. The second-order valence-corrected chi connectivity index (χ2v) is 9.04. The largest absolute Gasteiger partial charge is 0.491 e. The molecule has 178 valence electrons. The van der Waals surface area contributed by atoms with Crippen LogP contribution in [0.2, 0.25) is 0 Å². The summed E-state index contributed by atoms with van der Waals surface area (Å²) in [6, 6.07) is 9.70. The summed E-state index contributed by atoms with van der Waals surface area (Å²) < 4.78 is 39.7. The summed E-state index contributed by atoms with van der Waals surface area (Å²) >= 11 is 0. The van der Waals surface area contributed by atoms with E-state index in [0.29, 0.717) is 47.2 Å². The fourth-order valence-electron chi connectivity index (χ4n) is 4.70. The van der Waals surface area contributed by atoms with Crippen molar-refractivity contribution < 1.29 is 23.0 Å². The van der Waals surface area contributed by atoms with E-state index in [1.807, 2.05) is 19.1 Å². The lowest BCUT2D eigenvalue weighted by atomic mass is 9.89. The van der Waals surface area contributed by atoms with E-state index < -0.39 is 0 Å². The number of pyridine rings is 1. The van der Waals surface area contributed by atoms with E-state index >= 15 is 0 Å². The standard InChI is InChI=1S/C26H27F2N3O3/c1-16-2-3-20-22(29-16)12-19(27)13-24(20)33-9-8-31-6-4-17(5-7-31)10-18-11-23-25(14-21(18)28)34-15-26(32)30-23/h2-3,11-14,17H,4-10,15H2,1H3,(H,30,32). The molecular weight excluding hydrogens is 440 g/mol. The minimum Gasteiger partial charge on any atom is -0.491 e. The highest BCUT2D eigenvalue weighted by Gasteiger charge is 2.23. The van der Waals surface area contributed by atoms with Crippen LogP contribution in [0.1, 0.15) is 24.1 Å². The van der Waals surface area contributed by atoms with E-state index in [-0.39, 0.29) is 24.1 Å². The Hall–Kier alpha value is -3.26. The van der Waals surface area contributed by atoms with Crippen LogP contribution in [0.5, 0.6) is 11.5 Å². The van der Waals surface area contributed by atoms with Crippen LogP contribution in [0.25, 0.3) is 10.9 Å². The summed E-state index contributed by atoms with van der Waals surface area (Å²) in [5, 5.41) is 3.55. The molecule has 2 aliphatic heterocycles. The molecule has 6 nitrogen and oxygen atoms in total. The third-order valence-electron chi connectivity index (χ3n) is 6.54. The first-order chi connectivity index (χ1) is 16.4. The zero-order valence-corrected chi connectivity index (χ0v) is 19.1. The number of carbonyl (C=O) groups excluding carboxylic acids is 1. The van der Waals surface area contributed by atoms with Gasteiger partial charge in [0.15, 0.2) is 6.61 Å². The molecule has 0 saturated carbocycles. The molecule has 5 rings (SSSR count). The molecule has 1 saturated heterocycles. The number of fused-ring (bicyclic) bond motifs is 2. The van der Waals surface area contributed by atoms with Crippen molar-refractivity contribution in [3.63, 3.8) is 0 Å². The quantitative estimate of drug-likeness (QED) is 0.579. The van der Waals surface area contributed by atoms with Crippen molar-refractivity contribution in [2.24, 2.45) is 5.92 Å². The summed E-state index contributed by atoms with van der Waals surface area (Å²) in [4.78, 5) is 18.3. The maximum absolute atomic E-state index is 14.5. The van der Waals surface area contributed by atoms with Crippen molar-refractivity contribution >= 4 is 22.5 Å². The van der Waals surface area contributed by atoms with Gasteiger partial charge in [-0.1, -0.05) is 0 Å². The highest BCUT2D eigenvalue weighted by atomic mass is 19.1. The van der Waals surface area contributed by atoms with Crippen LogP contribution in [0.3, 0.4) is 0 Å². The third-order valence-corrected chi connectivity index (χ3v) is 6.54. The van der Waals surface area contributed by atoms with Gasteiger partial charge in [-0.15, -0.1) is 0 Å². The van der Waals surface area contributed by atoms with Crippen LogP contribution < -0.4 is 14.8 Å². The van der Waals surface area contributed by atoms with E-state index in [9.17, 15) is 13.6 Å². The number of likely N-dealkylation sites (tertiary alicyclic amines) is 1. The van der Waals surface area contributed by atoms with Gasteiger partial charge in [-0.25, -0.2) is 8.78 Å². The molecule has 2 aromatic carbocycles. The number of ether oxygens (including phenoxy) is 2. The van der Waals surface area contributed by atoms with E-state index in [1.54, 1.807) is 6.07 Å². The lowest BCUT2D eigenvalue weighted by molar-refractivity contribution is -0.118. The van der Waals surface area contributed by atoms with Crippen molar-refractivity contribution in [3.8, 4) is 11.5 Å². The summed E-state index contributed by atoms with van der Waals surface area (Å²) in [7, 11) is 0. The van der Waals surface area contributed by atoms with Gasteiger partial charge in [0.1, 0.15) is 29.7 Å². The number of piperidine rings is 1. The Labute approximate surface area is 196 Å². The molecule has 1 fully saturated rings. The van der Waals surface area contributed by atoms with E-state index in [1.165, 1.54) is 18.2 Å². The van der Waals surface area contributed by atoms with Crippen LogP contribution in [-0.4, -0.2) is 48.6 Å². The zero-order valence-electron chi connectivity index (χ0n) is 19.1. The summed E-state index contributed by atoms with van der Waals surface area (Å²) in [6.07, 6.45) is 2.53. The fourth-order valence-corrected chi connectivity index (χ4v) is 4.70. The second-order valence-electron chi connectivity index (χ2n) is 9.04. The Morgan fingerprint density at radius 3 is 2.82 bits per heavy atom. The maximum Gasteiger partial charge on any atom is 0.262 e. The first-order valence-corrected chi connectivity index (χ1v) is 11.6. The predicted octanol–water partition coefficient (Wildman–Crippen LogP) is 4.49. The number of aryl methyl sites for hydroxylation is 1. The van der Waals surface area contributed by atoms with E-state index in [0.717, 1.165) is 43.6 Å². The Kier molecular flexibility index (Phi) is 6.32. The highest BCUT2D eigenvalue weighted by Crippen LogP contribution is 2.33. The number of benzene rings is 2. The van der Waals surface area contributed by atoms with Crippen LogP contribution in [-0.2, 0) is 11.2 Å². The van der Waals surface area contributed by atoms with Gasteiger partial charge in [0.25, 0.3) is 5.91 Å². The summed E-state index contributed by atoms with van der Waals surface area (Å²) in [6.45, 7) is 4.77. The number of carbonyl (C=O) groups is 1. The molecule has 0 atom stereocenters. The minimum absolute atomic E-state index is 0.0834. The van der Waals surface area contributed by atoms with Gasteiger partial charge in [0.05, 0.1) is 11.2 Å². The molecule has 34 heavy (non-hydrogen) atoms. The lowest BCUT2D eigenvalue weighted by Crippen LogP contribution is -2.37. The Morgan fingerprint density at radius 1 is 1.18 bits per heavy atom. The number of halogens is 2. The first-order valence-electron chi connectivity index (χ1n) is 11.6.